The van der Waals surface area contributed by atoms with Crippen molar-refractivity contribution in [3.63, 3.8) is 0 Å². The van der Waals surface area contributed by atoms with E-state index in [4.69, 9.17) is 21.1 Å². The van der Waals surface area contributed by atoms with Crippen molar-refractivity contribution in [2.75, 3.05) is 32.8 Å². The molecule has 0 amide bonds. The summed E-state index contributed by atoms with van der Waals surface area (Å²) in [5.41, 5.74) is 0. The number of rotatable bonds is 6. The number of para-hydroxylation sites is 1. The Morgan fingerprint density at radius 2 is 2.24 bits per heavy atom. The standard InChI is InChI=1S/C16H22ClNO3/c1-2-20-16(19)13-6-5-9-18(12-13)10-11-21-15-8-4-3-7-14(15)17/h3-4,7-8,13H,2,5-6,9-12H2,1H3/t13-/m0/s1. The van der Waals surface area contributed by atoms with Gasteiger partial charge in [0.05, 0.1) is 17.5 Å². The highest BCUT2D eigenvalue weighted by atomic mass is 35.5. The van der Waals surface area contributed by atoms with Crippen LogP contribution < -0.4 is 4.74 Å². The maximum atomic E-state index is 11.8. The fourth-order valence-corrected chi connectivity index (χ4v) is 2.75. The minimum atomic E-state index is -0.0748. The maximum Gasteiger partial charge on any atom is 0.310 e. The third-order valence-corrected chi connectivity index (χ3v) is 3.94. The van der Waals surface area contributed by atoms with Crippen LogP contribution in [0.15, 0.2) is 24.3 Å². The van der Waals surface area contributed by atoms with E-state index in [9.17, 15) is 4.79 Å². The summed E-state index contributed by atoms with van der Waals surface area (Å²) in [5, 5.41) is 0.626. The molecule has 1 heterocycles. The number of hydrogen-bond donors (Lipinski definition) is 0. The van der Waals surface area contributed by atoms with E-state index in [1.54, 1.807) is 0 Å². The van der Waals surface area contributed by atoms with Crippen molar-refractivity contribution in [3.05, 3.63) is 29.3 Å². The molecule has 0 aliphatic carbocycles. The molecule has 5 heteroatoms. The van der Waals surface area contributed by atoms with Gasteiger partial charge in [-0.3, -0.25) is 9.69 Å². The summed E-state index contributed by atoms with van der Waals surface area (Å²) in [7, 11) is 0. The molecule has 1 aliphatic rings. The lowest BCUT2D eigenvalue weighted by molar-refractivity contribution is -0.150. The first-order valence-electron chi connectivity index (χ1n) is 7.47. The van der Waals surface area contributed by atoms with E-state index in [1.807, 2.05) is 31.2 Å². The third-order valence-electron chi connectivity index (χ3n) is 3.63. The molecule has 0 bridgehead atoms. The van der Waals surface area contributed by atoms with Gasteiger partial charge in [-0.1, -0.05) is 23.7 Å². The van der Waals surface area contributed by atoms with Crippen molar-refractivity contribution >= 4 is 17.6 Å². The summed E-state index contributed by atoms with van der Waals surface area (Å²) in [4.78, 5) is 14.0. The zero-order valence-corrected chi connectivity index (χ0v) is 13.1. The van der Waals surface area contributed by atoms with Gasteiger partial charge in [-0.25, -0.2) is 0 Å². The van der Waals surface area contributed by atoms with Gasteiger partial charge in [-0.15, -0.1) is 0 Å². The lowest BCUT2D eigenvalue weighted by Crippen LogP contribution is -2.41. The van der Waals surface area contributed by atoms with Crippen molar-refractivity contribution in [2.45, 2.75) is 19.8 Å². The van der Waals surface area contributed by atoms with E-state index in [0.717, 1.165) is 32.5 Å². The Hall–Kier alpha value is -1.26. The highest BCUT2D eigenvalue weighted by Crippen LogP contribution is 2.23. The Labute approximate surface area is 131 Å². The van der Waals surface area contributed by atoms with E-state index >= 15 is 0 Å². The van der Waals surface area contributed by atoms with Crippen LogP contribution in [0.5, 0.6) is 5.75 Å². The van der Waals surface area contributed by atoms with Gasteiger partial charge in [-0.05, 0) is 38.4 Å². The fourth-order valence-electron chi connectivity index (χ4n) is 2.56. The van der Waals surface area contributed by atoms with Crippen molar-refractivity contribution in [1.82, 2.24) is 4.90 Å². The van der Waals surface area contributed by atoms with Crippen LogP contribution in [-0.4, -0.2) is 43.7 Å². The lowest BCUT2D eigenvalue weighted by Gasteiger charge is -2.31. The van der Waals surface area contributed by atoms with Crippen molar-refractivity contribution < 1.29 is 14.3 Å². The summed E-state index contributed by atoms with van der Waals surface area (Å²) >= 11 is 6.05. The van der Waals surface area contributed by atoms with Crippen LogP contribution in [0.2, 0.25) is 5.02 Å². The molecule has 4 nitrogen and oxygen atoms in total. The van der Waals surface area contributed by atoms with Crippen LogP contribution >= 0.6 is 11.6 Å². The van der Waals surface area contributed by atoms with E-state index in [2.05, 4.69) is 4.90 Å². The average molecular weight is 312 g/mol. The molecule has 0 saturated carbocycles. The van der Waals surface area contributed by atoms with Gasteiger partial charge in [0.15, 0.2) is 0 Å². The van der Waals surface area contributed by atoms with Gasteiger partial charge in [0.1, 0.15) is 12.4 Å². The Balaban J connectivity index is 1.75. The topological polar surface area (TPSA) is 38.8 Å². The number of carbonyl (C=O) groups excluding carboxylic acids is 1. The van der Waals surface area contributed by atoms with Crippen LogP contribution in [0.3, 0.4) is 0 Å². The molecule has 0 radical (unpaired) electrons. The molecule has 1 atom stereocenters. The number of esters is 1. The van der Waals surface area contributed by atoms with Crippen LogP contribution in [0.25, 0.3) is 0 Å². The van der Waals surface area contributed by atoms with E-state index in [1.165, 1.54) is 0 Å². The Bertz CT molecular complexity index is 467. The van der Waals surface area contributed by atoms with E-state index in [-0.39, 0.29) is 11.9 Å². The smallest absolute Gasteiger partial charge is 0.310 e. The number of likely N-dealkylation sites (tertiary alicyclic amines) is 1. The molecule has 1 saturated heterocycles. The molecule has 1 aromatic rings. The van der Waals surface area contributed by atoms with Crippen LogP contribution in [0.1, 0.15) is 19.8 Å². The molecule has 0 aromatic heterocycles. The summed E-state index contributed by atoms with van der Waals surface area (Å²) in [6.07, 6.45) is 1.94. The van der Waals surface area contributed by atoms with Gasteiger partial charge in [-0.2, -0.15) is 0 Å². The number of piperidine rings is 1. The Morgan fingerprint density at radius 3 is 3.00 bits per heavy atom. The second-order valence-corrected chi connectivity index (χ2v) is 5.58. The molecule has 0 unspecified atom stereocenters. The average Bonchev–Trinajstić information content (AvgIpc) is 2.50. The first kappa shape index (κ1) is 16.1. The fraction of sp³-hybridized carbons (Fsp3) is 0.562. The predicted molar refractivity (Wildman–Crippen MR) is 82.7 cm³/mol. The molecule has 1 fully saturated rings. The molecular weight excluding hydrogens is 290 g/mol. The lowest BCUT2D eigenvalue weighted by atomic mass is 9.98. The predicted octanol–water partition coefficient (Wildman–Crippen LogP) is 2.99. The zero-order valence-electron chi connectivity index (χ0n) is 12.4. The van der Waals surface area contributed by atoms with Crippen LogP contribution in [-0.2, 0) is 9.53 Å². The van der Waals surface area contributed by atoms with Crippen molar-refractivity contribution in [1.29, 1.82) is 0 Å². The van der Waals surface area contributed by atoms with Gasteiger partial charge < -0.3 is 9.47 Å². The highest BCUT2D eigenvalue weighted by Gasteiger charge is 2.26. The second-order valence-electron chi connectivity index (χ2n) is 5.17. The molecule has 1 aromatic carbocycles. The number of nitrogens with zero attached hydrogens (tertiary/aromatic N) is 1. The molecule has 0 spiro atoms. The summed E-state index contributed by atoms with van der Waals surface area (Å²) in [6.45, 7) is 5.41. The van der Waals surface area contributed by atoms with Gasteiger partial charge in [0.2, 0.25) is 0 Å². The molecule has 116 valence electrons. The minimum absolute atomic E-state index is 0.000914. The third kappa shape index (κ3) is 4.90. The van der Waals surface area contributed by atoms with Crippen molar-refractivity contribution in [3.8, 4) is 5.75 Å². The molecule has 1 aliphatic heterocycles. The minimum Gasteiger partial charge on any atom is -0.491 e. The van der Waals surface area contributed by atoms with Gasteiger partial charge in [0.25, 0.3) is 0 Å². The summed E-state index contributed by atoms with van der Waals surface area (Å²) in [6, 6.07) is 7.46. The van der Waals surface area contributed by atoms with E-state index < -0.39 is 0 Å². The highest BCUT2D eigenvalue weighted by molar-refractivity contribution is 6.32. The van der Waals surface area contributed by atoms with Gasteiger partial charge >= 0.3 is 5.97 Å². The molecular formula is C16H22ClNO3. The molecule has 21 heavy (non-hydrogen) atoms. The largest absolute Gasteiger partial charge is 0.491 e. The quantitative estimate of drug-likeness (QED) is 0.757. The first-order valence-corrected chi connectivity index (χ1v) is 7.84. The van der Waals surface area contributed by atoms with E-state index in [0.29, 0.717) is 24.0 Å². The summed E-state index contributed by atoms with van der Waals surface area (Å²) < 4.78 is 10.8. The number of ether oxygens (including phenoxy) is 2. The molecule has 0 N–H and O–H groups in total. The monoisotopic (exact) mass is 311 g/mol. The second kappa shape index (κ2) is 8.25. The maximum absolute atomic E-state index is 11.8. The van der Waals surface area contributed by atoms with Crippen molar-refractivity contribution in [2.24, 2.45) is 5.92 Å². The summed E-state index contributed by atoms with van der Waals surface area (Å²) in [5.74, 6) is 0.631. The first-order chi connectivity index (χ1) is 10.2. The van der Waals surface area contributed by atoms with Crippen LogP contribution in [0, 0.1) is 5.92 Å². The zero-order chi connectivity index (χ0) is 15.1. The molecule has 2 rings (SSSR count). The Kier molecular flexibility index (Phi) is 6.33. The number of halogens is 1. The SMILES string of the molecule is CCOC(=O)[C@H]1CCCN(CCOc2ccccc2Cl)C1. The Morgan fingerprint density at radius 1 is 1.43 bits per heavy atom. The van der Waals surface area contributed by atoms with Gasteiger partial charge in [0, 0.05) is 13.1 Å². The number of hydrogen-bond acceptors (Lipinski definition) is 4. The number of benzene rings is 1. The number of carbonyl (C=O) groups is 1. The van der Waals surface area contributed by atoms with Crippen LogP contribution in [0.4, 0.5) is 0 Å². The normalized spacial score (nSPS) is 19.2.